The second-order valence-electron chi connectivity index (χ2n) is 6.15. The van der Waals surface area contributed by atoms with Crippen LogP contribution in [0.25, 0.3) is 0 Å². The van der Waals surface area contributed by atoms with Gasteiger partial charge in [0.2, 0.25) is 5.91 Å². The number of aliphatic hydroxyl groups is 1. The van der Waals surface area contributed by atoms with Gasteiger partial charge >= 0.3 is 0 Å². The van der Waals surface area contributed by atoms with Gasteiger partial charge in [0.1, 0.15) is 0 Å². The molecule has 2 fully saturated rings. The van der Waals surface area contributed by atoms with Gasteiger partial charge in [-0.2, -0.15) is 11.8 Å². The summed E-state index contributed by atoms with van der Waals surface area (Å²) < 4.78 is 0. The lowest BCUT2D eigenvalue weighted by molar-refractivity contribution is -0.131. The van der Waals surface area contributed by atoms with Crippen molar-refractivity contribution in [3.8, 4) is 0 Å². The van der Waals surface area contributed by atoms with Crippen molar-refractivity contribution in [3.05, 3.63) is 34.9 Å². The van der Waals surface area contributed by atoms with E-state index in [1.165, 1.54) is 0 Å². The fourth-order valence-corrected chi connectivity index (χ4v) is 4.52. The summed E-state index contributed by atoms with van der Waals surface area (Å²) in [5, 5.41) is 14.0. The number of hydrogen-bond donors (Lipinski definition) is 2. The van der Waals surface area contributed by atoms with Crippen molar-refractivity contribution in [2.24, 2.45) is 0 Å². The highest BCUT2D eigenvalue weighted by atomic mass is 35.5. The number of thioether (sulfide) groups is 1. The number of halogens is 1. The molecular formula is C16H20ClNO2S. The van der Waals surface area contributed by atoms with Gasteiger partial charge in [0, 0.05) is 17.3 Å². The molecule has 2 aliphatic rings. The summed E-state index contributed by atoms with van der Waals surface area (Å²) in [5.41, 5.74) is -0.124. The van der Waals surface area contributed by atoms with E-state index in [1.807, 2.05) is 24.3 Å². The van der Waals surface area contributed by atoms with E-state index < -0.39 is 11.0 Å². The van der Waals surface area contributed by atoms with E-state index in [-0.39, 0.29) is 5.91 Å². The molecule has 0 spiro atoms. The minimum absolute atomic E-state index is 0.0430. The molecule has 5 heteroatoms. The third-order valence-electron chi connectivity index (χ3n) is 4.70. The zero-order valence-corrected chi connectivity index (χ0v) is 13.5. The van der Waals surface area contributed by atoms with Crippen LogP contribution in [0.4, 0.5) is 0 Å². The van der Waals surface area contributed by atoms with Crippen LogP contribution in [0.2, 0.25) is 5.02 Å². The number of nitrogens with one attached hydrogen (secondary N) is 1. The number of carbonyl (C=O) groups is 1. The van der Waals surface area contributed by atoms with Crippen molar-refractivity contribution in [3.63, 3.8) is 0 Å². The van der Waals surface area contributed by atoms with E-state index in [9.17, 15) is 9.90 Å². The van der Waals surface area contributed by atoms with Gasteiger partial charge < -0.3 is 10.4 Å². The Morgan fingerprint density at radius 2 is 2.00 bits per heavy atom. The number of carbonyl (C=O) groups excluding carboxylic acids is 1. The first kappa shape index (κ1) is 15.2. The third-order valence-corrected chi connectivity index (χ3v) is 6.19. The summed E-state index contributed by atoms with van der Waals surface area (Å²) in [7, 11) is 0. The van der Waals surface area contributed by atoms with E-state index in [0.717, 1.165) is 37.0 Å². The first-order valence-electron chi connectivity index (χ1n) is 7.39. The Balaban J connectivity index is 1.70. The van der Waals surface area contributed by atoms with Gasteiger partial charge in [-0.1, -0.05) is 30.2 Å². The topological polar surface area (TPSA) is 49.3 Å². The maximum absolute atomic E-state index is 12.7. The van der Waals surface area contributed by atoms with E-state index >= 15 is 0 Å². The Morgan fingerprint density at radius 3 is 2.52 bits per heavy atom. The predicted octanol–water partition coefficient (Wildman–Crippen LogP) is 2.75. The van der Waals surface area contributed by atoms with Crippen molar-refractivity contribution in [2.75, 3.05) is 18.1 Å². The highest BCUT2D eigenvalue weighted by Gasteiger charge is 2.46. The van der Waals surface area contributed by atoms with Gasteiger partial charge in [-0.15, -0.1) is 0 Å². The number of hydrogen-bond acceptors (Lipinski definition) is 3. The Labute approximate surface area is 134 Å². The molecule has 1 saturated carbocycles. The van der Waals surface area contributed by atoms with Crippen LogP contribution in [0.5, 0.6) is 0 Å². The van der Waals surface area contributed by atoms with Crippen LogP contribution < -0.4 is 5.32 Å². The predicted molar refractivity (Wildman–Crippen MR) is 86.9 cm³/mol. The molecule has 114 valence electrons. The smallest absolute Gasteiger partial charge is 0.230 e. The molecule has 2 N–H and O–H groups in total. The lowest BCUT2D eigenvalue weighted by Crippen LogP contribution is -2.53. The molecule has 0 bridgehead atoms. The lowest BCUT2D eigenvalue weighted by atomic mass is 9.64. The maximum Gasteiger partial charge on any atom is 0.230 e. The van der Waals surface area contributed by atoms with Crippen LogP contribution in [0.15, 0.2) is 24.3 Å². The summed E-state index contributed by atoms with van der Waals surface area (Å²) in [6.07, 6.45) is 3.56. The third kappa shape index (κ3) is 2.94. The van der Waals surface area contributed by atoms with Crippen LogP contribution in [0.3, 0.4) is 0 Å². The molecule has 1 aliphatic carbocycles. The molecule has 0 aromatic heterocycles. The summed E-state index contributed by atoms with van der Waals surface area (Å²) in [5.74, 6) is 1.72. The van der Waals surface area contributed by atoms with Crippen molar-refractivity contribution < 1.29 is 9.90 Å². The zero-order valence-electron chi connectivity index (χ0n) is 11.9. The SMILES string of the molecule is O=C(NCC1(O)CCSC1)C1(c2ccc(Cl)cc2)CCC1. The van der Waals surface area contributed by atoms with Crippen LogP contribution in [0, 0.1) is 0 Å². The fraction of sp³-hybridized carbons (Fsp3) is 0.562. The average Bonchev–Trinajstić information content (AvgIpc) is 2.85. The van der Waals surface area contributed by atoms with Crippen molar-refractivity contribution >= 4 is 29.3 Å². The minimum Gasteiger partial charge on any atom is -0.387 e. The number of amides is 1. The standard InChI is InChI=1S/C16H20ClNO2S/c17-13-4-2-12(3-5-13)16(6-1-7-16)14(19)18-10-15(20)8-9-21-11-15/h2-5,20H,1,6-11H2,(H,18,19). The molecule has 1 saturated heterocycles. The van der Waals surface area contributed by atoms with Gasteiger partial charge in [-0.05, 0) is 42.7 Å². The minimum atomic E-state index is -0.731. The highest BCUT2D eigenvalue weighted by molar-refractivity contribution is 7.99. The van der Waals surface area contributed by atoms with Crippen molar-refractivity contribution in [1.29, 1.82) is 0 Å². The largest absolute Gasteiger partial charge is 0.387 e. The van der Waals surface area contributed by atoms with Gasteiger partial charge in [-0.3, -0.25) is 4.79 Å². The molecule has 3 nitrogen and oxygen atoms in total. The highest BCUT2D eigenvalue weighted by Crippen LogP contribution is 2.44. The lowest BCUT2D eigenvalue weighted by Gasteiger charge is -2.41. The molecular weight excluding hydrogens is 306 g/mol. The first-order chi connectivity index (χ1) is 10.0. The van der Waals surface area contributed by atoms with Gasteiger partial charge in [0.25, 0.3) is 0 Å². The molecule has 1 aromatic rings. The Bertz CT molecular complexity index is 522. The van der Waals surface area contributed by atoms with Crippen LogP contribution in [-0.2, 0) is 10.2 Å². The Kier molecular flexibility index (Phi) is 4.21. The average molecular weight is 326 g/mol. The monoisotopic (exact) mass is 325 g/mol. The molecule has 1 atom stereocenters. The molecule has 1 amide bonds. The summed E-state index contributed by atoms with van der Waals surface area (Å²) in [6, 6.07) is 7.57. The summed E-state index contributed by atoms with van der Waals surface area (Å²) in [6.45, 7) is 0.355. The second-order valence-corrected chi connectivity index (χ2v) is 7.69. The maximum atomic E-state index is 12.7. The summed E-state index contributed by atoms with van der Waals surface area (Å²) >= 11 is 7.67. The number of rotatable bonds is 4. The molecule has 1 aromatic carbocycles. The van der Waals surface area contributed by atoms with Crippen molar-refractivity contribution in [1.82, 2.24) is 5.32 Å². The van der Waals surface area contributed by atoms with E-state index in [0.29, 0.717) is 17.3 Å². The second kappa shape index (κ2) is 5.82. The molecule has 1 unspecified atom stereocenters. The molecule has 3 rings (SSSR count). The number of benzene rings is 1. The van der Waals surface area contributed by atoms with E-state index in [1.54, 1.807) is 11.8 Å². The van der Waals surface area contributed by atoms with Crippen LogP contribution in [0.1, 0.15) is 31.2 Å². The van der Waals surface area contributed by atoms with Crippen LogP contribution in [-0.4, -0.2) is 34.7 Å². The van der Waals surface area contributed by atoms with Gasteiger partial charge in [0.05, 0.1) is 11.0 Å². The quantitative estimate of drug-likeness (QED) is 0.895. The van der Waals surface area contributed by atoms with Gasteiger partial charge in [0.15, 0.2) is 0 Å². The molecule has 1 heterocycles. The van der Waals surface area contributed by atoms with Gasteiger partial charge in [-0.25, -0.2) is 0 Å². The normalized spacial score (nSPS) is 27.1. The first-order valence-corrected chi connectivity index (χ1v) is 8.92. The van der Waals surface area contributed by atoms with Crippen molar-refractivity contribution in [2.45, 2.75) is 36.7 Å². The zero-order chi connectivity index (χ0) is 14.9. The Hall–Kier alpha value is -0.710. The molecule has 1 aliphatic heterocycles. The van der Waals surface area contributed by atoms with E-state index in [4.69, 9.17) is 11.6 Å². The fourth-order valence-electron chi connectivity index (χ4n) is 3.10. The molecule has 0 radical (unpaired) electrons. The summed E-state index contributed by atoms with van der Waals surface area (Å²) in [4.78, 5) is 12.7. The van der Waals surface area contributed by atoms with E-state index in [2.05, 4.69) is 5.32 Å². The van der Waals surface area contributed by atoms with Crippen LogP contribution >= 0.6 is 23.4 Å². The Morgan fingerprint density at radius 1 is 1.29 bits per heavy atom. The molecule has 21 heavy (non-hydrogen) atoms.